The molecule has 7 nitrogen and oxygen atoms in total. The monoisotopic (exact) mass is 429 g/mol. The van der Waals surface area contributed by atoms with Gasteiger partial charge >= 0.3 is 5.97 Å². The first-order valence-electron chi connectivity index (χ1n) is 9.46. The van der Waals surface area contributed by atoms with Crippen LogP contribution in [-0.2, 0) is 14.8 Å². The smallest absolute Gasteiger partial charge is 0.325 e. The molecule has 1 saturated heterocycles. The number of piperidine rings is 1. The van der Waals surface area contributed by atoms with E-state index in [1.807, 2.05) is 30.3 Å². The molecule has 158 valence electrons. The third-order valence-electron chi connectivity index (χ3n) is 4.92. The standard InChI is InChI=1S/C22H23NO6S/c1-22(26)14-6-15-23(20(22)21(24)25)30(27,28)19-12-10-18(11-13-19)29-16-5-9-17-7-3-2-4-8-17/h2-4,7-8,10-13,20,26H,6,14-16H2,1H3,(H,24,25). The molecular weight excluding hydrogens is 406 g/mol. The lowest BCUT2D eigenvalue weighted by atomic mass is 9.88. The lowest BCUT2D eigenvalue weighted by molar-refractivity contribution is -0.153. The van der Waals surface area contributed by atoms with Gasteiger partial charge < -0.3 is 14.9 Å². The van der Waals surface area contributed by atoms with E-state index in [0.29, 0.717) is 12.2 Å². The van der Waals surface area contributed by atoms with Gasteiger partial charge in [-0.15, -0.1) is 0 Å². The molecule has 0 saturated carbocycles. The number of benzene rings is 2. The number of aliphatic hydroxyl groups is 1. The molecule has 2 atom stereocenters. The molecule has 0 spiro atoms. The largest absolute Gasteiger partial charge is 0.481 e. The number of sulfonamides is 1. The number of rotatable bonds is 5. The van der Waals surface area contributed by atoms with E-state index in [1.165, 1.54) is 31.2 Å². The number of carbonyl (C=O) groups is 1. The summed E-state index contributed by atoms with van der Waals surface area (Å²) < 4.78 is 32.4. The highest BCUT2D eigenvalue weighted by Crippen LogP contribution is 2.32. The summed E-state index contributed by atoms with van der Waals surface area (Å²) in [5, 5.41) is 19.9. The molecule has 0 radical (unpaired) electrons. The van der Waals surface area contributed by atoms with Gasteiger partial charge in [0.05, 0.1) is 10.5 Å². The zero-order valence-electron chi connectivity index (χ0n) is 16.5. The third-order valence-corrected chi connectivity index (χ3v) is 6.80. The second-order valence-electron chi connectivity index (χ2n) is 7.25. The molecule has 2 aromatic carbocycles. The van der Waals surface area contributed by atoms with Crippen LogP contribution in [0, 0.1) is 11.8 Å². The van der Waals surface area contributed by atoms with E-state index in [-0.39, 0.29) is 24.5 Å². The van der Waals surface area contributed by atoms with E-state index in [4.69, 9.17) is 4.74 Å². The van der Waals surface area contributed by atoms with Crippen LogP contribution in [0.15, 0.2) is 59.5 Å². The Hall–Kier alpha value is -2.86. The number of nitrogens with zero attached hydrogens (tertiary/aromatic N) is 1. The molecule has 2 N–H and O–H groups in total. The topological polar surface area (TPSA) is 104 Å². The Balaban J connectivity index is 1.71. The number of hydrogen-bond donors (Lipinski definition) is 2. The summed E-state index contributed by atoms with van der Waals surface area (Å²) in [4.78, 5) is 11.6. The maximum absolute atomic E-state index is 13.0. The van der Waals surface area contributed by atoms with Crippen molar-refractivity contribution in [2.45, 2.75) is 36.3 Å². The summed E-state index contributed by atoms with van der Waals surface area (Å²) in [6.45, 7) is 1.51. The Bertz CT molecular complexity index is 1050. The first kappa shape index (κ1) is 21.8. The Morgan fingerprint density at radius 1 is 1.20 bits per heavy atom. The molecule has 3 rings (SSSR count). The van der Waals surface area contributed by atoms with Crippen LogP contribution in [0.2, 0.25) is 0 Å². The Labute approximate surface area is 176 Å². The van der Waals surface area contributed by atoms with Crippen molar-refractivity contribution in [1.82, 2.24) is 4.31 Å². The average Bonchev–Trinajstić information content (AvgIpc) is 2.71. The van der Waals surface area contributed by atoms with Crippen molar-refractivity contribution in [1.29, 1.82) is 0 Å². The minimum absolute atomic E-state index is 0.0305. The fourth-order valence-electron chi connectivity index (χ4n) is 3.44. The van der Waals surface area contributed by atoms with Crippen molar-refractivity contribution >= 4 is 16.0 Å². The number of carboxylic acid groups (broad SMARTS) is 1. The maximum atomic E-state index is 13.0. The van der Waals surface area contributed by atoms with Crippen molar-refractivity contribution in [3.8, 4) is 17.6 Å². The zero-order chi connectivity index (χ0) is 21.8. The van der Waals surface area contributed by atoms with Crippen molar-refractivity contribution in [3.63, 3.8) is 0 Å². The van der Waals surface area contributed by atoms with Crippen LogP contribution in [0.5, 0.6) is 5.75 Å². The van der Waals surface area contributed by atoms with Crippen molar-refractivity contribution < 1.29 is 28.2 Å². The van der Waals surface area contributed by atoms with E-state index in [2.05, 4.69) is 11.8 Å². The Morgan fingerprint density at radius 3 is 2.50 bits per heavy atom. The molecule has 1 heterocycles. The summed E-state index contributed by atoms with van der Waals surface area (Å²) in [5.41, 5.74) is -0.773. The lowest BCUT2D eigenvalue weighted by Gasteiger charge is -2.41. The zero-order valence-corrected chi connectivity index (χ0v) is 17.3. The van der Waals surface area contributed by atoms with E-state index < -0.39 is 27.6 Å². The minimum atomic E-state index is -4.10. The minimum Gasteiger partial charge on any atom is -0.481 e. The summed E-state index contributed by atoms with van der Waals surface area (Å²) in [5.74, 6) is 4.91. The second-order valence-corrected chi connectivity index (χ2v) is 9.14. The highest BCUT2D eigenvalue weighted by Gasteiger charge is 2.49. The number of hydrogen-bond acceptors (Lipinski definition) is 5. The van der Waals surface area contributed by atoms with Gasteiger partial charge in [0, 0.05) is 12.1 Å². The van der Waals surface area contributed by atoms with E-state index >= 15 is 0 Å². The van der Waals surface area contributed by atoms with Gasteiger partial charge in [-0.25, -0.2) is 8.42 Å². The SMILES string of the molecule is CC1(O)CCCN(S(=O)(=O)c2ccc(OCC#Cc3ccccc3)cc2)C1C(=O)O. The van der Waals surface area contributed by atoms with Gasteiger partial charge in [-0.1, -0.05) is 30.0 Å². The molecule has 0 aromatic heterocycles. The average molecular weight is 429 g/mol. The van der Waals surface area contributed by atoms with Gasteiger partial charge in [0.15, 0.2) is 6.04 Å². The molecular formula is C22H23NO6S. The molecule has 0 aliphatic carbocycles. The molecule has 0 bridgehead atoms. The van der Waals surface area contributed by atoms with Crippen LogP contribution >= 0.6 is 0 Å². The van der Waals surface area contributed by atoms with Gasteiger partial charge in [-0.05, 0) is 56.2 Å². The summed E-state index contributed by atoms with van der Waals surface area (Å²) in [7, 11) is -4.10. The molecule has 1 aliphatic rings. The van der Waals surface area contributed by atoms with Crippen molar-refractivity contribution in [3.05, 3.63) is 60.2 Å². The molecule has 8 heteroatoms. The van der Waals surface area contributed by atoms with E-state index in [0.717, 1.165) is 9.87 Å². The van der Waals surface area contributed by atoms with E-state index in [9.17, 15) is 23.4 Å². The Morgan fingerprint density at radius 2 is 1.87 bits per heavy atom. The van der Waals surface area contributed by atoms with Crippen LogP contribution < -0.4 is 4.74 Å². The lowest BCUT2D eigenvalue weighted by Crippen LogP contribution is -2.60. The molecule has 2 aromatic rings. The molecule has 0 amide bonds. The summed E-state index contributed by atoms with van der Waals surface area (Å²) in [6, 6.07) is 13.6. The summed E-state index contributed by atoms with van der Waals surface area (Å²) in [6.07, 6.45) is 0.587. The van der Waals surface area contributed by atoms with Crippen molar-refractivity contribution in [2.24, 2.45) is 0 Å². The molecule has 30 heavy (non-hydrogen) atoms. The van der Waals surface area contributed by atoms with Gasteiger partial charge in [0.1, 0.15) is 12.4 Å². The third kappa shape index (κ3) is 4.82. The molecule has 1 fully saturated rings. The quantitative estimate of drug-likeness (QED) is 0.706. The maximum Gasteiger partial charge on any atom is 0.325 e. The summed E-state index contributed by atoms with van der Waals surface area (Å²) >= 11 is 0. The fourth-order valence-corrected chi connectivity index (χ4v) is 5.15. The predicted octanol–water partition coefficient (Wildman–Crippen LogP) is 2.11. The normalized spacial score (nSPS) is 22.0. The van der Waals surface area contributed by atoms with Crippen LogP contribution in [0.1, 0.15) is 25.3 Å². The van der Waals surface area contributed by atoms with E-state index in [1.54, 1.807) is 0 Å². The van der Waals surface area contributed by atoms with Crippen LogP contribution in [0.4, 0.5) is 0 Å². The van der Waals surface area contributed by atoms with Crippen molar-refractivity contribution in [2.75, 3.05) is 13.2 Å². The highest BCUT2D eigenvalue weighted by atomic mass is 32.2. The Kier molecular flexibility index (Phi) is 6.46. The first-order chi connectivity index (χ1) is 14.2. The number of ether oxygens (including phenoxy) is 1. The fraction of sp³-hybridized carbons (Fsp3) is 0.318. The molecule has 2 unspecified atom stereocenters. The first-order valence-corrected chi connectivity index (χ1v) is 10.9. The van der Waals surface area contributed by atoms with Gasteiger partial charge in [-0.3, -0.25) is 4.79 Å². The second kappa shape index (κ2) is 8.88. The van der Waals surface area contributed by atoms with Crippen LogP contribution in [-0.4, -0.2) is 53.7 Å². The highest BCUT2D eigenvalue weighted by molar-refractivity contribution is 7.89. The van der Waals surface area contributed by atoms with Gasteiger partial charge in [-0.2, -0.15) is 4.31 Å². The predicted molar refractivity (Wildman–Crippen MR) is 110 cm³/mol. The number of aliphatic carboxylic acids is 1. The van der Waals surface area contributed by atoms with Crippen LogP contribution in [0.3, 0.4) is 0 Å². The van der Waals surface area contributed by atoms with Crippen LogP contribution in [0.25, 0.3) is 0 Å². The number of carboxylic acids is 1. The van der Waals surface area contributed by atoms with Gasteiger partial charge in [0.2, 0.25) is 10.0 Å². The van der Waals surface area contributed by atoms with Gasteiger partial charge in [0.25, 0.3) is 0 Å². The molecule has 1 aliphatic heterocycles.